The summed E-state index contributed by atoms with van der Waals surface area (Å²) in [5.74, 6) is -1.22. The lowest BCUT2D eigenvalue weighted by Crippen LogP contribution is -2.45. The average Bonchev–Trinajstić information content (AvgIpc) is 2.41. The predicted octanol–water partition coefficient (Wildman–Crippen LogP) is 3.11. The first-order valence-electron chi connectivity index (χ1n) is 6.63. The van der Waals surface area contributed by atoms with E-state index in [2.05, 4.69) is 0 Å². The molecule has 0 spiro atoms. The maximum Gasteiger partial charge on any atom is 0.328 e. The van der Waals surface area contributed by atoms with Crippen molar-refractivity contribution >= 4 is 23.5 Å². The van der Waals surface area contributed by atoms with E-state index in [-0.39, 0.29) is 19.6 Å². The van der Waals surface area contributed by atoms with Crippen LogP contribution in [0.3, 0.4) is 0 Å². The van der Waals surface area contributed by atoms with Gasteiger partial charge in [0.05, 0.1) is 13.2 Å². The summed E-state index contributed by atoms with van der Waals surface area (Å²) in [6.07, 6.45) is 0.241. The number of hydrogen-bond acceptors (Lipinski definition) is 4. The molecule has 4 nitrogen and oxygen atoms in total. The fourth-order valence-corrected chi connectivity index (χ4v) is 2.26. The highest BCUT2D eigenvalue weighted by atomic mass is 35.5. The number of carbonyl (C=O) groups excluding carboxylic acids is 2. The smallest absolute Gasteiger partial charge is 0.328 e. The van der Waals surface area contributed by atoms with Crippen LogP contribution in [0.5, 0.6) is 0 Å². The Bertz CT molecular complexity index is 467. The van der Waals surface area contributed by atoms with E-state index in [0.29, 0.717) is 10.6 Å². The van der Waals surface area contributed by atoms with Gasteiger partial charge < -0.3 is 9.47 Å². The number of hydrogen-bond donors (Lipinski definition) is 0. The van der Waals surface area contributed by atoms with Crippen LogP contribution in [0, 0.1) is 0 Å². The molecule has 1 rings (SSSR count). The summed E-state index contributed by atoms with van der Waals surface area (Å²) >= 11 is 5.97. The van der Waals surface area contributed by atoms with Gasteiger partial charge in [-0.2, -0.15) is 0 Å². The third-order valence-electron chi connectivity index (χ3n) is 3.10. The highest BCUT2D eigenvalue weighted by Crippen LogP contribution is 2.33. The Morgan fingerprint density at radius 1 is 1.10 bits per heavy atom. The molecule has 110 valence electrons. The lowest BCUT2D eigenvalue weighted by Gasteiger charge is -2.28. The first kappa shape index (κ1) is 16.5. The van der Waals surface area contributed by atoms with Crippen LogP contribution in [0.2, 0.25) is 5.02 Å². The number of ether oxygens (including phenoxy) is 2. The quantitative estimate of drug-likeness (QED) is 0.598. The molecule has 0 bridgehead atoms. The number of carbonyl (C=O) groups is 2. The van der Waals surface area contributed by atoms with Crippen molar-refractivity contribution in [3.05, 3.63) is 34.9 Å². The van der Waals surface area contributed by atoms with Crippen LogP contribution < -0.4 is 0 Å². The Hall–Kier alpha value is -1.55. The van der Waals surface area contributed by atoms with Gasteiger partial charge in [-0.3, -0.25) is 9.59 Å². The van der Waals surface area contributed by atoms with E-state index >= 15 is 0 Å². The number of halogens is 1. The Balaban J connectivity index is 3.37. The van der Waals surface area contributed by atoms with Gasteiger partial charge in [0.2, 0.25) is 0 Å². The van der Waals surface area contributed by atoms with Gasteiger partial charge in [-0.1, -0.05) is 30.7 Å². The monoisotopic (exact) mass is 298 g/mol. The molecule has 0 aliphatic heterocycles. The summed E-state index contributed by atoms with van der Waals surface area (Å²) in [4.78, 5) is 24.7. The van der Waals surface area contributed by atoms with E-state index in [1.54, 1.807) is 45.0 Å². The van der Waals surface area contributed by atoms with Gasteiger partial charge in [-0.05, 0) is 38.0 Å². The van der Waals surface area contributed by atoms with Gasteiger partial charge in [0.1, 0.15) is 0 Å². The van der Waals surface area contributed by atoms with Crippen molar-refractivity contribution < 1.29 is 19.1 Å². The van der Waals surface area contributed by atoms with Crippen LogP contribution in [0.25, 0.3) is 0 Å². The Labute approximate surface area is 124 Å². The topological polar surface area (TPSA) is 52.6 Å². The molecule has 0 aliphatic rings. The third-order valence-corrected chi connectivity index (χ3v) is 3.33. The highest BCUT2D eigenvalue weighted by molar-refractivity contribution is 6.30. The van der Waals surface area contributed by atoms with E-state index in [0.717, 1.165) is 0 Å². The number of rotatable bonds is 6. The van der Waals surface area contributed by atoms with Crippen LogP contribution in [0.15, 0.2) is 24.3 Å². The fourth-order valence-electron chi connectivity index (χ4n) is 2.07. The van der Waals surface area contributed by atoms with Crippen molar-refractivity contribution in [2.45, 2.75) is 32.6 Å². The molecular formula is C15H19ClO4. The zero-order chi connectivity index (χ0) is 15.2. The molecule has 1 aromatic rings. The molecule has 0 atom stereocenters. The standard InChI is InChI=1S/C15H19ClO4/c1-4-15(13(17)19-5-2,14(18)20-6-3)11-8-7-9-12(16)10-11/h7-10H,4-6H2,1-3H3. The summed E-state index contributed by atoms with van der Waals surface area (Å²) in [6, 6.07) is 6.66. The first-order valence-corrected chi connectivity index (χ1v) is 7.01. The lowest BCUT2D eigenvalue weighted by molar-refractivity contribution is -0.165. The van der Waals surface area contributed by atoms with Crippen LogP contribution in [0.4, 0.5) is 0 Å². The minimum absolute atomic E-state index is 0.195. The summed E-state index contributed by atoms with van der Waals surface area (Å²) in [5, 5.41) is 0.453. The van der Waals surface area contributed by atoms with Gasteiger partial charge in [0.25, 0.3) is 0 Å². The third kappa shape index (κ3) is 3.12. The Kier molecular flexibility index (Phi) is 6.02. The van der Waals surface area contributed by atoms with Crippen molar-refractivity contribution in [2.24, 2.45) is 0 Å². The van der Waals surface area contributed by atoms with Gasteiger partial charge in [-0.25, -0.2) is 0 Å². The lowest BCUT2D eigenvalue weighted by atomic mass is 9.78. The van der Waals surface area contributed by atoms with E-state index in [9.17, 15) is 9.59 Å². The van der Waals surface area contributed by atoms with E-state index in [4.69, 9.17) is 21.1 Å². The zero-order valence-corrected chi connectivity index (χ0v) is 12.7. The largest absolute Gasteiger partial charge is 0.465 e. The first-order chi connectivity index (χ1) is 9.52. The van der Waals surface area contributed by atoms with E-state index in [1.807, 2.05) is 0 Å². The SMILES string of the molecule is CCOC(=O)C(CC)(C(=O)OCC)c1cccc(Cl)c1. The van der Waals surface area contributed by atoms with Crippen LogP contribution >= 0.6 is 11.6 Å². The molecule has 0 saturated heterocycles. The molecule has 0 fully saturated rings. The van der Waals surface area contributed by atoms with Gasteiger partial charge in [0, 0.05) is 5.02 Å². The molecule has 1 aromatic carbocycles. The minimum atomic E-state index is -1.46. The maximum atomic E-state index is 12.4. The highest BCUT2D eigenvalue weighted by Gasteiger charge is 2.49. The summed E-state index contributed by atoms with van der Waals surface area (Å²) in [7, 11) is 0. The molecule has 0 N–H and O–H groups in total. The molecular weight excluding hydrogens is 280 g/mol. The normalized spacial score (nSPS) is 11.0. The number of esters is 2. The van der Waals surface area contributed by atoms with Crippen molar-refractivity contribution in [3.8, 4) is 0 Å². The molecule has 0 aromatic heterocycles. The Morgan fingerprint density at radius 2 is 1.65 bits per heavy atom. The molecule has 0 unspecified atom stereocenters. The van der Waals surface area contributed by atoms with Crippen molar-refractivity contribution in [3.63, 3.8) is 0 Å². The molecule has 0 saturated carbocycles. The number of benzene rings is 1. The molecule has 0 heterocycles. The zero-order valence-electron chi connectivity index (χ0n) is 11.9. The molecule has 20 heavy (non-hydrogen) atoms. The second-order valence-electron chi connectivity index (χ2n) is 4.21. The van der Waals surface area contributed by atoms with E-state index < -0.39 is 17.4 Å². The van der Waals surface area contributed by atoms with Crippen molar-refractivity contribution in [1.29, 1.82) is 0 Å². The molecule has 0 radical (unpaired) electrons. The summed E-state index contributed by atoms with van der Waals surface area (Å²) < 4.78 is 10.2. The van der Waals surface area contributed by atoms with Crippen LogP contribution in [0.1, 0.15) is 32.8 Å². The van der Waals surface area contributed by atoms with Crippen LogP contribution in [-0.4, -0.2) is 25.2 Å². The summed E-state index contributed by atoms with van der Waals surface area (Å²) in [5.41, 5.74) is -0.971. The minimum Gasteiger partial charge on any atom is -0.465 e. The second kappa shape index (κ2) is 7.29. The Morgan fingerprint density at radius 3 is 2.05 bits per heavy atom. The summed E-state index contributed by atoms with van der Waals surface area (Å²) in [6.45, 7) is 5.53. The van der Waals surface area contributed by atoms with Crippen molar-refractivity contribution in [1.82, 2.24) is 0 Å². The molecule has 0 amide bonds. The van der Waals surface area contributed by atoms with Gasteiger partial charge >= 0.3 is 11.9 Å². The fraction of sp³-hybridized carbons (Fsp3) is 0.467. The average molecular weight is 299 g/mol. The molecule has 0 aliphatic carbocycles. The van der Waals surface area contributed by atoms with E-state index in [1.165, 1.54) is 0 Å². The van der Waals surface area contributed by atoms with Gasteiger partial charge in [-0.15, -0.1) is 0 Å². The van der Waals surface area contributed by atoms with Crippen LogP contribution in [-0.2, 0) is 24.5 Å². The molecule has 5 heteroatoms. The van der Waals surface area contributed by atoms with Gasteiger partial charge in [0.15, 0.2) is 5.41 Å². The maximum absolute atomic E-state index is 12.4. The second-order valence-corrected chi connectivity index (χ2v) is 4.65. The van der Waals surface area contributed by atoms with Crippen molar-refractivity contribution in [2.75, 3.05) is 13.2 Å². The predicted molar refractivity (Wildman–Crippen MR) is 76.7 cm³/mol.